The Bertz CT molecular complexity index is 732. The topological polar surface area (TPSA) is 49.3 Å². The van der Waals surface area contributed by atoms with E-state index < -0.39 is 11.9 Å². The third-order valence-corrected chi connectivity index (χ3v) is 4.06. The lowest BCUT2D eigenvalue weighted by Gasteiger charge is -2.15. The fourth-order valence-electron chi connectivity index (χ4n) is 2.53. The maximum absolute atomic E-state index is 13.8. The van der Waals surface area contributed by atoms with Crippen LogP contribution in [0.1, 0.15) is 35.6 Å². The van der Waals surface area contributed by atoms with Gasteiger partial charge in [-0.05, 0) is 36.2 Å². The van der Waals surface area contributed by atoms with Crippen molar-refractivity contribution in [3.8, 4) is 0 Å². The third-order valence-electron chi connectivity index (χ3n) is 3.77. The molecule has 1 amide bonds. The average Bonchev–Trinajstić information content (AvgIpc) is 2.75. The molecule has 2 aromatic rings. The molecule has 1 aliphatic rings. The Hall–Kier alpha value is -1.91. The van der Waals surface area contributed by atoms with Gasteiger partial charge in [0.2, 0.25) is 5.91 Å². The molecular weight excluding hydrogens is 293 g/mol. The van der Waals surface area contributed by atoms with Gasteiger partial charge in [0, 0.05) is 5.56 Å². The van der Waals surface area contributed by atoms with Crippen LogP contribution in [0.4, 0.5) is 10.1 Å². The Labute approximate surface area is 126 Å². The number of carbonyl (C=O) groups is 1. The molecule has 5 heteroatoms. The maximum atomic E-state index is 13.8. The molecule has 0 bridgehead atoms. The Balaban J connectivity index is 2.07. The van der Waals surface area contributed by atoms with Crippen molar-refractivity contribution in [3.05, 3.63) is 63.9 Å². The molecule has 2 unspecified atom stereocenters. The first-order valence-corrected chi connectivity index (χ1v) is 6.93. The summed E-state index contributed by atoms with van der Waals surface area (Å²) in [7, 11) is 0. The number of nitrogens with one attached hydrogen (secondary N) is 1. The Morgan fingerprint density at radius 3 is 2.76 bits per heavy atom. The Kier molecular flexibility index (Phi) is 3.43. The fourth-order valence-corrected chi connectivity index (χ4v) is 2.81. The SMILES string of the molecule is CC1C(=O)Nc2c(Cl)cc(C(O)c3ccccc3F)cc21. The summed E-state index contributed by atoms with van der Waals surface area (Å²) >= 11 is 6.16. The minimum absolute atomic E-state index is 0.135. The first-order valence-electron chi connectivity index (χ1n) is 6.55. The van der Waals surface area contributed by atoms with E-state index in [2.05, 4.69) is 5.32 Å². The van der Waals surface area contributed by atoms with E-state index in [-0.39, 0.29) is 17.4 Å². The van der Waals surface area contributed by atoms with E-state index in [4.69, 9.17) is 11.6 Å². The summed E-state index contributed by atoms with van der Waals surface area (Å²) in [5.74, 6) is -0.960. The highest BCUT2D eigenvalue weighted by Gasteiger charge is 2.30. The van der Waals surface area contributed by atoms with Gasteiger partial charge in [0.1, 0.15) is 11.9 Å². The van der Waals surface area contributed by atoms with Gasteiger partial charge in [-0.3, -0.25) is 4.79 Å². The second kappa shape index (κ2) is 5.13. The van der Waals surface area contributed by atoms with E-state index in [1.807, 2.05) is 0 Å². The summed E-state index contributed by atoms with van der Waals surface area (Å²) in [5.41, 5.74) is 1.93. The first-order chi connectivity index (χ1) is 9.99. The quantitative estimate of drug-likeness (QED) is 0.890. The molecule has 0 aromatic heterocycles. The van der Waals surface area contributed by atoms with Gasteiger partial charge in [-0.1, -0.05) is 29.8 Å². The summed E-state index contributed by atoms with van der Waals surface area (Å²) in [6.07, 6.45) is -1.13. The smallest absolute Gasteiger partial charge is 0.231 e. The van der Waals surface area contributed by atoms with E-state index in [9.17, 15) is 14.3 Å². The van der Waals surface area contributed by atoms with Crippen LogP contribution in [-0.4, -0.2) is 11.0 Å². The van der Waals surface area contributed by atoms with Crippen molar-refractivity contribution in [1.82, 2.24) is 0 Å². The van der Waals surface area contributed by atoms with Crippen LogP contribution >= 0.6 is 11.6 Å². The second-order valence-electron chi connectivity index (χ2n) is 5.10. The van der Waals surface area contributed by atoms with Crippen molar-refractivity contribution >= 4 is 23.2 Å². The van der Waals surface area contributed by atoms with Crippen molar-refractivity contribution in [2.24, 2.45) is 0 Å². The van der Waals surface area contributed by atoms with Crippen molar-refractivity contribution in [1.29, 1.82) is 0 Å². The highest BCUT2D eigenvalue weighted by atomic mass is 35.5. The van der Waals surface area contributed by atoms with Crippen molar-refractivity contribution in [3.63, 3.8) is 0 Å². The van der Waals surface area contributed by atoms with Crippen LogP contribution in [0.15, 0.2) is 36.4 Å². The highest BCUT2D eigenvalue weighted by Crippen LogP contribution is 2.40. The summed E-state index contributed by atoms with van der Waals surface area (Å²) < 4.78 is 13.8. The van der Waals surface area contributed by atoms with Gasteiger partial charge in [0.05, 0.1) is 16.6 Å². The molecule has 0 radical (unpaired) electrons. The van der Waals surface area contributed by atoms with Gasteiger partial charge in [-0.2, -0.15) is 0 Å². The van der Waals surface area contributed by atoms with Gasteiger partial charge in [-0.15, -0.1) is 0 Å². The summed E-state index contributed by atoms with van der Waals surface area (Å²) in [5, 5.41) is 13.4. The molecule has 3 nitrogen and oxygen atoms in total. The van der Waals surface area contributed by atoms with E-state index in [1.165, 1.54) is 12.1 Å². The molecule has 2 atom stereocenters. The molecule has 1 aliphatic heterocycles. The standard InChI is InChI=1S/C16H13ClFNO2/c1-8-11-6-9(7-12(17)14(11)19-16(8)21)15(20)10-4-2-3-5-13(10)18/h2-8,15,20H,1H3,(H,19,21). The number of benzene rings is 2. The first kappa shape index (κ1) is 14.0. The predicted octanol–water partition coefficient (Wildman–Crippen LogP) is 3.62. The van der Waals surface area contributed by atoms with Crippen LogP contribution in [0.5, 0.6) is 0 Å². The molecule has 2 aromatic carbocycles. The van der Waals surface area contributed by atoms with Gasteiger partial charge >= 0.3 is 0 Å². The molecule has 0 saturated heterocycles. The fraction of sp³-hybridized carbons (Fsp3) is 0.188. The molecule has 3 rings (SSSR count). The zero-order valence-electron chi connectivity index (χ0n) is 11.2. The summed E-state index contributed by atoms with van der Waals surface area (Å²) in [6.45, 7) is 1.76. The molecule has 21 heavy (non-hydrogen) atoms. The molecule has 0 aliphatic carbocycles. The lowest BCUT2D eigenvalue weighted by Crippen LogP contribution is -2.08. The number of amides is 1. The number of halogens is 2. The number of fused-ring (bicyclic) bond motifs is 1. The van der Waals surface area contributed by atoms with Crippen LogP contribution in [0.2, 0.25) is 5.02 Å². The van der Waals surface area contributed by atoms with Crippen molar-refractivity contribution < 1.29 is 14.3 Å². The molecule has 0 spiro atoms. The number of anilines is 1. The number of aliphatic hydroxyl groups excluding tert-OH is 1. The number of hydrogen-bond acceptors (Lipinski definition) is 2. The normalized spacial score (nSPS) is 18.3. The van der Waals surface area contributed by atoms with Crippen LogP contribution in [0, 0.1) is 5.82 Å². The molecule has 2 N–H and O–H groups in total. The van der Waals surface area contributed by atoms with E-state index in [1.54, 1.807) is 31.2 Å². The molecule has 0 saturated carbocycles. The average molecular weight is 306 g/mol. The van der Waals surface area contributed by atoms with Gasteiger partial charge in [-0.25, -0.2) is 4.39 Å². The highest BCUT2D eigenvalue weighted by molar-refractivity contribution is 6.34. The van der Waals surface area contributed by atoms with E-state index >= 15 is 0 Å². The third kappa shape index (κ3) is 2.30. The van der Waals surface area contributed by atoms with Crippen LogP contribution in [-0.2, 0) is 4.79 Å². The second-order valence-corrected chi connectivity index (χ2v) is 5.51. The number of carbonyl (C=O) groups excluding carboxylic acids is 1. The van der Waals surface area contributed by atoms with Crippen LogP contribution in [0.3, 0.4) is 0 Å². The van der Waals surface area contributed by atoms with Gasteiger partial charge in [0.15, 0.2) is 0 Å². The largest absolute Gasteiger partial charge is 0.384 e. The van der Waals surface area contributed by atoms with E-state index in [0.29, 0.717) is 16.3 Å². The Morgan fingerprint density at radius 2 is 2.05 bits per heavy atom. The lowest BCUT2D eigenvalue weighted by molar-refractivity contribution is -0.116. The molecule has 1 heterocycles. The van der Waals surface area contributed by atoms with Gasteiger partial charge in [0.25, 0.3) is 0 Å². The van der Waals surface area contributed by atoms with Crippen molar-refractivity contribution in [2.75, 3.05) is 5.32 Å². The number of hydrogen-bond donors (Lipinski definition) is 2. The number of aliphatic hydroxyl groups is 1. The van der Waals surface area contributed by atoms with Crippen LogP contribution in [0.25, 0.3) is 0 Å². The molecule has 0 fully saturated rings. The van der Waals surface area contributed by atoms with E-state index in [0.717, 1.165) is 5.56 Å². The van der Waals surface area contributed by atoms with Crippen LogP contribution < -0.4 is 5.32 Å². The van der Waals surface area contributed by atoms with Crippen molar-refractivity contribution in [2.45, 2.75) is 18.9 Å². The Morgan fingerprint density at radius 1 is 1.33 bits per heavy atom. The monoisotopic (exact) mass is 305 g/mol. The van der Waals surface area contributed by atoms with Gasteiger partial charge < -0.3 is 10.4 Å². The minimum atomic E-state index is -1.13. The predicted molar refractivity (Wildman–Crippen MR) is 79.0 cm³/mol. The molecular formula is C16H13ClFNO2. The number of rotatable bonds is 2. The minimum Gasteiger partial charge on any atom is -0.384 e. The maximum Gasteiger partial charge on any atom is 0.231 e. The summed E-state index contributed by atoms with van der Waals surface area (Å²) in [4.78, 5) is 11.7. The lowest BCUT2D eigenvalue weighted by atomic mass is 9.95. The zero-order chi connectivity index (χ0) is 15.1. The summed E-state index contributed by atoms with van der Waals surface area (Å²) in [6, 6.07) is 9.28. The molecule has 108 valence electrons. The zero-order valence-corrected chi connectivity index (χ0v) is 12.0.